The summed E-state index contributed by atoms with van der Waals surface area (Å²) in [4.78, 5) is 26.1. The van der Waals surface area contributed by atoms with Crippen molar-refractivity contribution < 1.29 is 27.9 Å². The molecule has 31 heavy (non-hydrogen) atoms. The molecule has 0 saturated carbocycles. The lowest BCUT2D eigenvalue weighted by atomic mass is 9.95. The molecule has 2 aromatic carbocycles. The topological polar surface area (TPSA) is 69.6 Å². The lowest BCUT2D eigenvalue weighted by molar-refractivity contribution is -0.162. The average molecular weight is 455 g/mol. The summed E-state index contributed by atoms with van der Waals surface area (Å²) >= 11 is 5.95. The van der Waals surface area contributed by atoms with Gasteiger partial charge in [0.25, 0.3) is 11.8 Å². The van der Waals surface area contributed by atoms with E-state index < -0.39 is 35.2 Å². The molecule has 9 heteroatoms. The molecule has 5 nitrogen and oxygen atoms in total. The van der Waals surface area contributed by atoms with Crippen LogP contribution in [0.1, 0.15) is 34.8 Å². The molecule has 2 aromatic rings. The molecule has 0 bridgehead atoms. The van der Waals surface area contributed by atoms with E-state index in [0.717, 1.165) is 17.0 Å². The number of carbonyl (C=O) groups excluding carboxylic acids is 2. The van der Waals surface area contributed by atoms with E-state index in [9.17, 15) is 19.1 Å². The summed E-state index contributed by atoms with van der Waals surface area (Å²) in [5.74, 6) is -6.87. The van der Waals surface area contributed by atoms with Crippen LogP contribution in [-0.2, 0) is 10.7 Å². The SMILES string of the molecule is Cc1cc(NC(=O)c2ccc(Cl)c(C(F)(F)C(=O)N3CC[C@@H](O)[C@@H](C)C3)c2)ccc1F. The summed E-state index contributed by atoms with van der Waals surface area (Å²) < 4.78 is 43.6. The van der Waals surface area contributed by atoms with Crippen LogP contribution in [0.25, 0.3) is 0 Å². The monoisotopic (exact) mass is 454 g/mol. The molecule has 1 aliphatic heterocycles. The number of aliphatic hydroxyl groups excluding tert-OH is 1. The summed E-state index contributed by atoms with van der Waals surface area (Å²) in [5, 5.41) is 11.9. The predicted octanol–water partition coefficient (Wildman–Crippen LogP) is 4.36. The number of aryl methyl sites for hydroxylation is 1. The van der Waals surface area contributed by atoms with Crippen LogP contribution >= 0.6 is 11.6 Å². The van der Waals surface area contributed by atoms with Gasteiger partial charge in [-0.3, -0.25) is 9.59 Å². The van der Waals surface area contributed by atoms with Crippen molar-refractivity contribution in [2.24, 2.45) is 5.92 Å². The van der Waals surface area contributed by atoms with Crippen LogP contribution in [-0.4, -0.2) is 41.0 Å². The van der Waals surface area contributed by atoms with E-state index >= 15 is 8.78 Å². The van der Waals surface area contributed by atoms with Crippen LogP contribution in [0.2, 0.25) is 5.02 Å². The fraction of sp³-hybridized carbons (Fsp3) is 0.364. The second-order valence-electron chi connectivity index (χ2n) is 7.77. The maximum atomic E-state index is 15.1. The highest BCUT2D eigenvalue weighted by molar-refractivity contribution is 6.32. The molecule has 0 aliphatic carbocycles. The molecule has 0 aromatic heterocycles. The van der Waals surface area contributed by atoms with Gasteiger partial charge in [0.2, 0.25) is 0 Å². The Morgan fingerprint density at radius 1 is 1.23 bits per heavy atom. The number of nitrogens with zero attached hydrogens (tertiary/aromatic N) is 1. The predicted molar refractivity (Wildman–Crippen MR) is 111 cm³/mol. The highest BCUT2D eigenvalue weighted by Gasteiger charge is 2.47. The minimum absolute atomic E-state index is 0.00163. The van der Waals surface area contributed by atoms with E-state index in [2.05, 4.69) is 5.32 Å². The number of rotatable bonds is 4. The Kier molecular flexibility index (Phi) is 6.62. The molecule has 1 fully saturated rings. The first-order valence-electron chi connectivity index (χ1n) is 9.73. The zero-order valence-electron chi connectivity index (χ0n) is 17.0. The molecule has 2 amide bonds. The average Bonchev–Trinajstić information content (AvgIpc) is 2.72. The van der Waals surface area contributed by atoms with Crippen LogP contribution < -0.4 is 5.32 Å². The fourth-order valence-electron chi connectivity index (χ4n) is 3.46. The van der Waals surface area contributed by atoms with Crippen LogP contribution in [0.15, 0.2) is 36.4 Å². The Morgan fingerprint density at radius 2 is 1.94 bits per heavy atom. The zero-order chi connectivity index (χ0) is 22.9. The van der Waals surface area contributed by atoms with Crippen LogP contribution in [0.4, 0.5) is 18.9 Å². The summed E-state index contributed by atoms with van der Waals surface area (Å²) in [6.07, 6.45) is -0.445. The molecule has 1 aliphatic rings. The maximum absolute atomic E-state index is 15.1. The number of carbonyl (C=O) groups is 2. The summed E-state index contributed by atoms with van der Waals surface area (Å²) in [6.45, 7) is 3.20. The van der Waals surface area contributed by atoms with Crippen molar-refractivity contribution >= 4 is 29.1 Å². The molecule has 1 saturated heterocycles. The highest BCUT2D eigenvalue weighted by atomic mass is 35.5. The van der Waals surface area contributed by atoms with E-state index in [1.54, 1.807) is 6.92 Å². The Morgan fingerprint density at radius 3 is 2.58 bits per heavy atom. The minimum Gasteiger partial charge on any atom is -0.393 e. The van der Waals surface area contributed by atoms with Gasteiger partial charge < -0.3 is 15.3 Å². The van der Waals surface area contributed by atoms with Crippen molar-refractivity contribution in [3.05, 3.63) is 63.9 Å². The number of hydrogen-bond donors (Lipinski definition) is 2. The first-order valence-corrected chi connectivity index (χ1v) is 10.1. The largest absolute Gasteiger partial charge is 0.393 e. The van der Waals surface area contributed by atoms with Crippen molar-refractivity contribution in [1.82, 2.24) is 4.90 Å². The molecular formula is C22H22ClF3N2O3. The summed E-state index contributed by atoms with van der Waals surface area (Å²) in [7, 11) is 0. The maximum Gasteiger partial charge on any atom is 0.351 e. The van der Waals surface area contributed by atoms with Gasteiger partial charge in [-0.25, -0.2) is 4.39 Å². The number of amides is 2. The van der Waals surface area contributed by atoms with E-state index in [1.165, 1.54) is 31.2 Å². The molecular weight excluding hydrogens is 433 g/mol. The quantitative estimate of drug-likeness (QED) is 0.721. The van der Waals surface area contributed by atoms with E-state index in [0.29, 0.717) is 11.3 Å². The fourth-order valence-corrected chi connectivity index (χ4v) is 3.70. The van der Waals surface area contributed by atoms with Gasteiger partial charge in [-0.05, 0) is 61.2 Å². The number of nitrogens with one attached hydrogen (secondary N) is 1. The van der Waals surface area contributed by atoms with Gasteiger partial charge in [-0.2, -0.15) is 8.78 Å². The van der Waals surface area contributed by atoms with Gasteiger partial charge in [0.05, 0.1) is 16.7 Å². The third-order valence-corrected chi connectivity index (χ3v) is 5.73. The third kappa shape index (κ3) is 4.85. The summed E-state index contributed by atoms with van der Waals surface area (Å²) in [6, 6.07) is 7.22. The second kappa shape index (κ2) is 8.88. The van der Waals surface area contributed by atoms with Crippen LogP contribution in [0.5, 0.6) is 0 Å². The highest BCUT2D eigenvalue weighted by Crippen LogP contribution is 2.37. The van der Waals surface area contributed by atoms with E-state index in [4.69, 9.17) is 11.6 Å². The van der Waals surface area contributed by atoms with Gasteiger partial charge in [-0.1, -0.05) is 18.5 Å². The van der Waals surface area contributed by atoms with Crippen molar-refractivity contribution in [2.75, 3.05) is 18.4 Å². The molecule has 1 heterocycles. The minimum atomic E-state index is -3.96. The number of anilines is 1. The molecule has 2 N–H and O–H groups in total. The number of benzene rings is 2. The van der Waals surface area contributed by atoms with Gasteiger partial charge in [0.1, 0.15) is 5.82 Å². The molecule has 0 radical (unpaired) electrons. The molecule has 3 rings (SSSR count). The Bertz CT molecular complexity index is 1020. The molecule has 0 spiro atoms. The van der Waals surface area contributed by atoms with Gasteiger partial charge >= 0.3 is 5.92 Å². The number of alkyl halides is 2. The molecule has 166 valence electrons. The number of piperidine rings is 1. The zero-order valence-corrected chi connectivity index (χ0v) is 17.7. The second-order valence-corrected chi connectivity index (χ2v) is 8.18. The normalized spacial score (nSPS) is 19.3. The molecule has 0 unspecified atom stereocenters. The standard InChI is InChI=1S/C22H22ClF3N2O3/c1-12-9-15(4-6-18(12)24)27-20(30)14-3-5-17(23)16(10-14)22(25,26)21(31)28-8-7-19(29)13(2)11-28/h3-6,9-10,13,19,29H,7-8,11H2,1-2H3,(H,27,30)/t13-,19+/m0/s1. The number of aliphatic hydroxyl groups is 1. The van der Waals surface area contributed by atoms with E-state index in [1.807, 2.05) is 0 Å². The Labute approximate surface area is 182 Å². The Balaban J connectivity index is 1.84. The van der Waals surface area contributed by atoms with Gasteiger partial charge in [-0.15, -0.1) is 0 Å². The number of likely N-dealkylation sites (tertiary alicyclic amines) is 1. The lowest BCUT2D eigenvalue weighted by Gasteiger charge is -2.36. The van der Waals surface area contributed by atoms with Crippen molar-refractivity contribution in [1.29, 1.82) is 0 Å². The van der Waals surface area contributed by atoms with Gasteiger partial charge in [0.15, 0.2) is 0 Å². The molecule has 2 atom stereocenters. The first kappa shape index (κ1) is 23.1. The number of halogens is 4. The summed E-state index contributed by atoms with van der Waals surface area (Å²) in [5.41, 5.74) is -0.297. The first-order chi connectivity index (χ1) is 14.5. The van der Waals surface area contributed by atoms with Crippen LogP contribution in [0, 0.1) is 18.7 Å². The Hall–Kier alpha value is -2.58. The van der Waals surface area contributed by atoms with E-state index in [-0.39, 0.29) is 36.0 Å². The smallest absolute Gasteiger partial charge is 0.351 e. The van der Waals surface area contributed by atoms with Crippen molar-refractivity contribution in [3.63, 3.8) is 0 Å². The third-order valence-electron chi connectivity index (χ3n) is 5.40. The number of hydrogen-bond acceptors (Lipinski definition) is 3. The van der Waals surface area contributed by atoms with Crippen molar-refractivity contribution in [3.8, 4) is 0 Å². The van der Waals surface area contributed by atoms with Crippen molar-refractivity contribution in [2.45, 2.75) is 32.3 Å². The lowest BCUT2D eigenvalue weighted by Crippen LogP contribution is -2.50. The van der Waals surface area contributed by atoms with Gasteiger partial charge in [0, 0.05) is 24.3 Å². The van der Waals surface area contributed by atoms with Crippen LogP contribution in [0.3, 0.4) is 0 Å².